The highest BCUT2D eigenvalue weighted by molar-refractivity contribution is 5.45. The molecule has 17 heavy (non-hydrogen) atoms. The van der Waals surface area contributed by atoms with Gasteiger partial charge in [0.05, 0.1) is 24.5 Å². The van der Waals surface area contributed by atoms with Crippen LogP contribution in [0.2, 0.25) is 0 Å². The fourth-order valence-corrected chi connectivity index (χ4v) is 2.03. The van der Waals surface area contributed by atoms with Gasteiger partial charge in [-0.1, -0.05) is 0 Å². The molecule has 3 N–H and O–H groups in total. The average Bonchev–Trinajstić information content (AvgIpc) is 2.69. The number of nitrogen functional groups attached to an aromatic ring is 1. The molecule has 5 heteroatoms. The third-order valence-electron chi connectivity index (χ3n) is 2.97. The monoisotopic (exact) mass is 231 g/mol. The smallest absolute Gasteiger partial charge is 0.277 e. The molecular formula is C12H13N3O2. The molecular weight excluding hydrogens is 218 g/mol. The van der Waals surface area contributed by atoms with Gasteiger partial charge in [-0.05, 0) is 24.3 Å². The van der Waals surface area contributed by atoms with Crippen molar-refractivity contribution in [1.82, 2.24) is 9.78 Å². The van der Waals surface area contributed by atoms with Crippen molar-refractivity contribution in [3.8, 4) is 5.69 Å². The molecule has 0 saturated heterocycles. The van der Waals surface area contributed by atoms with Gasteiger partial charge in [-0.2, -0.15) is 0 Å². The van der Waals surface area contributed by atoms with E-state index < -0.39 is 0 Å². The standard InChI is InChI=1S/C12H13N3O2/c13-8-1-3-9(4-2-8)15-12(16)10-7-17-6-5-11(10)14-15/h1-4,14H,5-7,13H2. The number of benzene rings is 1. The number of hydrogen-bond acceptors (Lipinski definition) is 3. The Hall–Kier alpha value is -2.01. The molecule has 3 rings (SSSR count). The van der Waals surface area contributed by atoms with Crippen LogP contribution in [0, 0.1) is 0 Å². The second kappa shape index (κ2) is 3.78. The van der Waals surface area contributed by atoms with E-state index in [0.717, 1.165) is 23.4 Å². The fourth-order valence-electron chi connectivity index (χ4n) is 2.03. The Balaban J connectivity index is 2.12. The van der Waals surface area contributed by atoms with Crippen LogP contribution in [-0.2, 0) is 17.8 Å². The van der Waals surface area contributed by atoms with E-state index in [1.165, 1.54) is 0 Å². The first-order valence-corrected chi connectivity index (χ1v) is 5.52. The summed E-state index contributed by atoms with van der Waals surface area (Å²) in [7, 11) is 0. The van der Waals surface area contributed by atoms with E-state index in [1.54, 1.807) is 16.8 Å². The van der Waals surface area contributed by atoms with Crippen molar-refractivity contribution < 1.29 is 4.74 Å². The zero-order valence-corrected chi connectivity index (χ0v) is 9.27. The zero-order valence-electron chi connectivity index (χ0n) is 9.27. The normalized spacial score (nSPS) is 14.6. The largest absolute Gasteiger partial charge is 0.399 e. The van der Waals surface area contributed by atoms with E-state index >= 15 is 0 Å². The minimum absolute atomic E-state index is 0.0375. The van der Waals surface area contributed by atoms with E-state index in [1.807, 2.05) is 12.1 Å². The molecule has 0 saturated carbocycles. The van der Waals surface area contributed by atoms with Crippen molar-refractivity contribution in [2.24, 2.45) is 0 Å². The van der Waals surface area contributed by atoms with E-state index in [2.05, 4.69) is 5.10 Å². The van der Waals surface area contributed by atoms with Crippen LogP contribution < -0.4 is 11.3 Å². The van der Waals surface area contributed by atoms with Crippen molar-refractivity contribution in [3.05, 3.63) is 45.9 Å². The Morgan fingerprint density at radius 2 is 2.06 bits per heavy atom. The summed E-state index contributed by atoms with van der Waals surface area (Å²) in [5.41, 5.74) is 8.76. The molecule has 2 heterocycles. The first-order valence-electron chi connectivity index (χ1n) is 5.52. The molecule has 2 aromatic rings. The minimum atomic E-state index is -0.0375. The lowest BCUT2D eigenvalue weighted by Crippen LogP contribution is -2.19. The molecule has 0 bridgehead atoms. The van der Waals surface area contributed by atoms with Gasteiger partial charge in [0.25, 0.3) is 5.56 Å². The number of H-pyrrole nitrogens is 1. The first kappa shape index (κ1) is 10.2. The number of fused-ring (bicyclic) bond motifs is 1. The van der Waals surface area contributed by atoms with Gasteiger partial charge < -0.3 is 10.5 Å². The van der Waals surface area contributed by atoms with Crippen LogP contribution in [0.15, 0.2) is 29.1 Å². The topological polar surface area (TPSA) is 73.0 Å². The molecule has 5 nitrogen and oxygen atoms in total. The summed E-state index contributed by atoms with van der Waals surface area (Å²) < 4.78 is 6.83. The fraction of sp³-hybridized carbons (Fsp3) is 0.250. The van der Waals surface area contributed by atoms with Gasteiger partial charge in [-0.25, -0.2) is 4.68 Å². The third-order valence-corrected chi connectivity index (χ3v) is 2.97. The second-order valence-electron chi connectivity index (χ2n) is 4.10. The molecule has 1 aromatic carbocycles. The number of hydrogen-bond donors (Lipinski definition) is 2. The van der Waals surface area contributed by atoms with Crippen LogP contribution in [-0.4, -0.2) is 16.4 Å². The quantitative estimate of drug-likeness (QED) is 0.714. The summed E-state index contributed by atoms with van der Waals surface area (Å²) >= 11 is 0. The molecule has 1 aromatic heterocycles. The Labute approximate surface area is 97.8 Å². The Kier molecular flexibility index (Phi) is 2.26. The molecule has 0 amide bonds. The molecule has 0 radical (unpaired) electrons. The summed E-state index contributed by atoms with van der Waals surface area (Å²) in [4.78, 5) is 12.1. The van der Waals surface area contributed by atoms with E-state index in [4.69, 9.17) is 10.5 Å². The maximum absolute atomic E-state index is 12.1. The highest BCUT2D eigenvalue weighted by Gasteiger charge is 2.18. The van der Waals surface area contributed by atoms with Crippen LogP contribution in [0.25, 0.3) is 5.69 Å². The second-order valence-corrected chi connectivity index (χ2v) is 4.10. The number of nitrogens with two attached hydrogens (primary N) is 1. The number of rotatable bonds is 1. The van der Waals surface area contributed by atoms with Crippen molar-refractivity contribution in [2.45, 2.75) is 13.0 Å². The van der Waals surface area contributed by atoms with Gasteiger partial charge in [-0.15, -0.1) is 0 Å². The summed E-state index contributed by atoms with van der Waals surface area (Å²) in [6, 6.07) is 7.19. The van der Waals surface area contributed by atoms with Crippen molar-refractivity contribution in [1.29, 1.82) is 0 Å². The number of aromatic amines is 1. The maximum Gasteiger partial charge on any atom is 0.277 e. The van der Waals surface area contributed by atoms with E-state index in [-0.39, 0.29) is 5.56 Å². The lowest BCUT2D eigenvalue weighted by Gasteiger charge is -2.08. The molecule has 1 aliphatic rings. The van der Waals surface area contributed by atoms with Crippen LogP contribution >= 0.6 is 0 Å². The van der Waals surface area contributed by atoms with Crippen molar-refractivity contribution in [3.63, 3.8) is 0 Å². The Morgan fingerprint density at radius 3 is 2.76 bits per heavy atom. The van der Waals surface area contributed by atoms with Crippen LogP contribution in [0.1, 0.15) is 11.3 Å². The number of nitrogens with zero attached hydrogens (tertiary/aromatic N) is 1. The maximum atomic E-state index is 12.1. The van der Waals surface area contributed by atoms with Crippen LogP contribution in [0.4, 0.5) is 5.69 Å². The van der Waals surface area contributed by atoms with Gasteiger partial charge in [0, 0.05) is 17.8 Å². The summed E-state index contributed by atoms with van der Waals surface area (Å²) in [5.74, 6) is 0. The molecule has 1 aliphatic heterocycles. The summed E-state index contributed by atoms with van der Waals surface area (Å²) in [6.07, 6.45) is 0.756. The van der Waals surface area contributed by atoms with Gasteiger partial charge in [0.2, 0.25) is 0 Å². The minimum Gasteiger partial charge on any atom is -0.399 e. The molecule has 0 atom stereocenters. The summed E-state index contributed by atoms with van der Waals surface area (Å²) in [6.45, 7) is 1.06. The highest BCUT2D eigenvalue weighted by atomic mass is 16.5. The van der Waals surface area contributed by atoms with Crippen LogP contribution in [0.3, 0.4) is 0 Å². The number of ether oxygens (including phenoxy) is 1. The predicted octanol–water partition coefficient (Wildman–Crippen LogP) is 0.820. The van der Waals surface area contributed by atoms with Crippen molar-refractivity contribution in [2.75, 3.05) is 12.3 Å². The Morgan fingerprint density at radius 1 is 1.29 bits per heavy atom. The van der Waals surface area contributed by atoms with Gasteiger partial charge in [0.1, 0.15) is 0 Å². The summed E-state index contributed by atoms with van der Waals surface area (Å²) in [5, 5.41) is 3.12. The first-order chi connectivity index (χ1) is 8.25. The SMILES string of the molecule is Nc1ccc(-n2[nH]c3c(c2=O)COCC3)cc1. The number of aromatic nitrogens is 2. The zero-order chi connectivity index (χ0) is 11.8. The third kappa shape index (κ3) is 1.64. The van der Waals surface area contributed by atoms with Crippen LogP contribution in [0.5, 0.6) is 0 Å². The number of nitrogens with one attached hydrogen (secondary N) is 1. The number of anilines is 1. The molecule has 0 spiro atoms. The highest BCUT2D eigenvalue weighted by Crippen LogP contribution is 2.14. The van der Waals surface area contributed by atoms with Gasteiger partial charge in [0.15, 0.2) is 0 Å². The van der Waals surface area contributed by atoms with Gasteiger partial charge in [-0.3, -0.25) is 9.89 Å². The molecule has 0 unspecified atom stereocenters. The molecule has 88 valence electrons. The lowest BCUT2D eigenvalue weighted by molar-refractivity contribution is 0.109. The predicted molar refractivity (Wildman–Crippen MR) is 64.2 cm³/mol. The van der Waals surface area contributed by atoms with E-state index in [0.29, 0.717) is 18.9 Å². The van der Waals surface area contributed by atoms with Gasteiger partial charge >= 0.3 is 0 Å². The van der Waals surface area contributed by atoms with E-state index in [9.17, 15) is 4.79 Å². The molecule has 0 aliphatic carbocycles. The Bertz CT molecular complexity index is 595. The average molecular weight is 231 g/mol. The van der Waals surface area contributed by atoms with Crippen molar-refractivity contribution >= 4 is 5.69 Å². The molecule has 0 fully saturated rings. The lowest BCUT2D eigenvalue weighted by atomic mass is 10.2.